The molecule has 0 bridgehead atoms. The van der Waals surface area contributed by atoms with Crippen LogP contribution in [0.4, 0.5) is 4.39 Å². The lowest BCUT2D eigenvalue weighted by atomic mass is 10.1. The number of pyridine rings is 1. The number of carboxylic acid groups (broad SMARTS) is 1. The Hall–Kier alpha value is -2.43. The van der Waals surface area contributed by atoms with Gasteiger partial charge in [-0.15, -0.1) is 0 Å². The molecule has 1 heterocycles. The standard InChI is InChI=1S/C13H10FNO3/c1-18-12-5-3-8(6-10(12)14)11-4-2-9(7-15-11)13(16)17/h2-7H,1H3,(H,16,17). The van der Waals surface area contributed by atoms with Gasteiger partial charge in [0.2, 0.25) is 0 Å². The average molecular weight is 247 g/mol. The van der Waals surface area contributed by atoms with Crippen molar-refractivity contribution in [1.82, 2.24) is 4.98 Å². The zero-order chi connectivity index (χ0) is 13.1. The maximum absolute atomic E-state index is 13.5. The van der Waals surface area contributed by atoms with E-state index in [1.54, 1.807) is 6.07 Å². The quantitative estimate of drug-likeness (QED) is 0.905. The van der Waals surface area contributed by atoms with Crippen LogP contribution in [0.25, 0.3) is 11.3 Å². The van der Waals surface area contributed by atoms with Gasteiger partial charge in [0.05, 0.1) is 18.4 Å². The van der Waals surface area contributed by atoms with Gasteiger partial charge in [-0.2, -0.15) is 0 Å². The number of carbonyl (C=O) groups is 1. The first-order chi connectivity index (χ1) is 8.61. The molecule has 0 fully saturated rings. The molecule has 18 heavy (non-hydrogen) atoms. The molecule has 2 aromatic rings. The summed E-state index contributed by atoms with van der Waals surface area (Å²) < 4.78 is 18.3. The lowest BCUT2D eigenvalue weighted by Gasteiger charge is -2.05. The number of carboxylic acids is 1. The van der Waals surface area contributed by atoms with E-state index in [4.69, 9.17) is 9.84 Å². The highest BCUT2D eigenvalue weighted by Gasteiger charge is 2.07. The summed E-state index contributed by atoms with van der Waals surface area (Å²) in [6, 6.07) is 7.40. The fraction of sp³-hybridized carbons (Fsp3) is 0.0769. The number of benzene rings is 1. The van der Waals surface area contributed by atoms with E-state index in [0.29, 0.717) is 11.3 Å². The molecule has 0 saturated heterocycles. The third kappa shape index (κ3) is 2.29. The first-order valence-corrected chi connectivity index (χ1v) is 5.15. The van der Waals surface area contributed by atoms with Crippen LogP contribution in [0.3, 0.4) is 0 Å². The molecule has 1 aromatic heterocycles. The summed E-state index contributed by atoms with van der Waals surface area (Å²) in [5, 5.41) is 8.74. The lowest BCUT2D eigenvalue weighted by molar-refractivity contribution is 0.0696. The number of nitrogens with zero attached hydrogens (tertiary/aromatic N) is 1. The summed E-state index contributed by atoms with van der Waals surface area (Å²) in [7, 11) is 1.39. The van der Waals surface area contributed by atoms with Gasteiger partial charge in [-0.25, -0.2) is 9.18 Å². The Morgan fingerprint density at radius 3 is 2.61 bits per heavy atom. The second-order valence-corrected chi connectivity index (χ2v) is 3.59. The maximum atomic E-state index is 13.5. The van der Waals surface area contributed by atoms with Crippen molar-refractivity contribution in [3.8, 4) is 17.0 Å². The van der Waals surface area contributed by atoms with Crippen molar-refractivity contribution in [3.05, 3.63) is 47.9 Å². The van der Waals surface area contributed by atoms with Crippen LogP contribution >= 0.6 is 0 Å². The largest absolute Gasteiger partial charge is 0.494 e. The molecule has 0 aliphatic carbocycles. The molecule has 4 nitrogen and oxygen atoms in total. The molecule has 0 aliphatic heterocycles. The summed E-state index contributed by atoms with van der Waals surface area (Å²) >= 11 is 0. The Labute approximate surface area is 103 Å². The lowest BCUT2D eigenvalue weighted by Crippen LogP contribution is -1.97. The maximum Gasteiger partial charge on any atom is 0.337 e. The van der Waals surface area contributed by atoms with Gasteiger partial charge in [-0.05, 0) is 30.3 Å². The summed E-state index contributed by atoms with van der Waals surface area (Å²) in [4.78, 5) is 14.6. The molecule has 0 unspecified atom stereocenters. The van der Waals surface area contributed by atoms with Gasteiger partial charge in [0.25, 0.3) is 0 Å². The van der Waals surface area contributed by atoms with Gasteiger partial charge in [0, 0.05) is 11.8 Å². The molecule has 2 rings (SSSR count). The fourth-order valence-corrected chi connectivity index (χ4v) is 1.52. The van der Waals surface area contributed by atoms with Gasteiger partial charge in [0.15, 0.2) is 11.6 Å². The molecule has 0 atom stereocenters. The molecular formula is C13H10FNO3. The van der Waals surface area contributed by atoms with E-state index in [-0.39, 0.29) is 11.3 Å². The van der Waals surface area contributed by atoms with Crippen molar-refractivity contribution >= 4 is 5.97 Å². The molecule has 5 heteroatoms. The number of halogens is 1. The number of hydrogen-bond donors (Lipinski definition) is 1. The second-order valence-electron chi connectivity index (χ2n) is 3.59. The minimum atomic E-state index is -1.05. The van der Waals surface area contributed by atoms with E-state index in [1.807, 2.05) is 0 Å². The van der Waals surface area contributed by atoms with Gasteiger partial charge in [0.1, 0.15) is 0 Å². The van der Waals surface area contributed by atoms with Crippen LogP contribution in [0.2, 0.25) is 0 Å². The molecule has 0 saturated carbocycles. The van der Waals surface area contributed by atoms with Crippen LogP contribution < -0.4 is 4.74 Å². The zero-order valence-corrected chi connectivity index (χ0v) is 9.55. The Morgan fingerprint density at radius 1 is 1.33 bits per heavy atom. The first kappa shape index (κ1) is 12.0. The number of rotatable bonds is 3. The highest BCUT2D eigenvalue weighted by Crippen LogP contribution is 2.24. The number of aromatic carboxylic acids is 1. The monoisotopic (exact) mass is 247 g/mol. The molecule has 1 aromatic carbocycles. The molecular weight excluding hydrogens is 237 g/mol. The highest BCUT2D eigenvalue weighted by atomic mass is 19.1. The summed E-state index contributed by atoms with van der Waals surface area (Å²) in [5.74, 6) is -1.38. The van der Waals surface area contributed by atoms with Crippen molar-refractivity contribution in [2.24, 2.45) is 0 Å². The van der Waals surface area contributed by atoms with Gasteiger partial charge < -0.3 is 9.84 Å². The van der Waals surface area contributed by atoms with Crippen LogP contribution in [-0.2, 0) is 0 Å². The third-order valence-electron chi connectivity index (χ3n) is 2.46. The number of ether oxygens (including phenoxy) is 1. The van der Waals surface area contributed by atoms with Crippen LogP contribution in [0.15, 0.2) is 36.5 Å². The summed E-state index contributed by atoms with van der Waals surface area (Å²) in [5.41, 5.74) is 1.15. The van der Waals surface area contributed by atoms with Crippen LogP contribution in [0.5, 0.6) is 5.75 Å². The Kier molecular flexibility index (Phi) is 3.23. The SMILES string of the molecule is COc1ccc(-c2ccc(C(=O)O)cn2)cc1F. The average Bonchev–Trinajstić information content (AvgIpc) is 2.38. The first-order valence-electron chi connectivity index (χ1n) is 5.15. The third-order valence-corrected chi connectivity index (χ3v) is 2.46. The molecule has 0 spiro atoms. The topological polar surface area (TPSA) is 59.4 Å². The molecule has 0 amide bonds. The molecule has 92 valence electrons. The van der Waals surface area contributed by atoms with Gasteiger partial charge in [-0.1, -0.05) is 0 Å². The van der Waals surface area contributed by atoms with E-state index < -0.39 is 11.8 Å². The van der Waals surface area contributed by atoms with Crippen molar-refractivity contribution in [2.75, 3.05) is 7.11 Å². The van der Waals surface area contributed by atoms with E-state index >= 15 is 0 Å². The number of aromatic nitrogens is 1. The number of methoxy groups -OCH3 is 1. The van der Waals surface area contributed by atoms with Gasteiger partial charge >= 0.3 is 5.97 Å². The normalized spacial score (nSPS) is 10.1. The summed E-state index contributed by atoms with van der Waals surface area (Å²) in [6.45, 7) is 0. The zero-order valence-electron chi connectivity index (χ0n) is 9.55. The van der Waals surface area contributed by atoms with Crippen LogP contribution in [0, 0.1) is 5.82 Å². The Bertz CT molecular complexity index is 581. The van der Waals surface area contributed by atoms with Crippen molar-refractivity contribution in [3.63, 3.8) is 0 Å². The highest BCUT2D eigenvalue weighted by molar-refractivity contribution is 5.87. The van der Waals surface area contributed by atoms with Crippen LogP contribution in [0.1, 0.15) is 10.4 Å². The second kappa shape index (κ2) is 4.83. The van der Waals surface area contributed by atoms with Crippen molar-refractivity contribution in [2.45, 2.75) is 0 Å². The van der Waals surface area contributed by atoms with E-state index in [1.165, 1.54) is 37.6 Å². The van der Waals surface area contributed by atoms with E-state index in [9.17, 15) is 9.18 Å². The van der Waals surface area contributed by atoms with Crippen LogP contribution in [-0.4, -0.2) is 23.2 Å². The van der Waals surface area contributed by atoms with E-state index in [0.717, 1.165) is 0 Å². The number of hydrogen-bond acceptors (Lipinski definition) is 3. The van der Waals surface area contributed by atoms with Crippen molar-refractivity contribution < 1.29 is 19.0 Å². The van der Waals surface area contributed by atoms with Gasteiger partial charge in [-0.3, -0.25) is 4.98 Å². The fourth-order valence-electron chi connectivity index (χ4n) is 1.52. The predicted molar refractivity (Wildman–Crippen MR) is 63.1 cm³/mol. The minimum absolute atomic E-state index is 0.0905. The molecule has 0 radical (unpaired) electrons. The Morgan fingerprint density at radius 2 is 2.11 bits per heavy atom. The smallest absolute Gasteiger partial charge is 0.337 e. The molecule has 0 aliphatic rings. The van der Waals surface area contributed by atoms with Crippen molar-refractivity contribution in [1.29, 1.82) is 0 Å². The van der Waals surface area contributed by atoms with E-state index in [2.05, 4.69) is 4.98 Å². The predicted octanol–water partition coefficient (Wildman–Crippen LogP) is 2.59. The minimum Gasteiger partial charge on any atom is -0.494 e. The summed E-state index contributed by atoms with van der Waals surface area (Å²) in [6.07, 6.45) is 1.24. The Balaban J connectivity index is 2.36. The molecule has 1 N–H and O–H groups in total.